The number of hydrogen-bond acceptors (Lipinski definition) is 4. The summed E-state index contributed by atoms with van der Waals surface area (Å²) in [4.78, 5) is 0. The molecular formula is C16H27NO3. The molecule has 114 valence electrons. The third kappa shape index (κ3) is 8.15. The first kappa shape index (κ1) is 17.0. The maximum Gasteiger partial charge on any atom is 0.119 e. The maximum atomic E-state index is 5.67. The number of ether oxygens (including phenoxy) is 3. The minimum atomic E-state index is 0.590. The molecule has 0 atom stereocenters. The van der Waals surface area contributed by atoms with Crippen molar-refractivity contribution in [1.29, 1.82) is 0 Å². The molecular weight excluding hydrogens is 254 g/mol. The van der Waals surface area contributed by atoms with Gasteiger partial charge in [-0.15, -0.1) is 0 Å². The number of hydrogen-bond donors (Lipinski definition) is 1. The fourth-order valence-corrected chi connectivity index (χ4v) is 1.95. The molecule has 20 heavy (non-hydrogen) atoms. The van der Waals surface area contributed by atoms with Crippen LogP contribution < -0.4 is 10.1 Å². The molecule has 0 fully saturated rings. The van der Waals surface area contributed by atoms with Crippen LogP contribution in [0, 0.1) is 13.8 Å². The highest BCUT2D eigenvalue weighted by molar-refractivity contribution is 5.32. The van der Waals surface area contributed by atoms with Gasteiger partial charge in [-0.05, 0) is 50.1 Å². The zero-order valence-electron chi connectivity index (χ0n) is 12.9. The van der Waals surface area contributed by atoms with Crippen molar-refractivity contribution >= 4 is 0 Å². The number of benzene rings is 1. The molecule has 0 saturated carbocycles. The summed E-state index contributed by atoms with van der Waals surface area (Å²) in [6.07, 6.45) is 1.03. The monoisotopic (exact) mass is 281 g/mol. The van der Waals surface area contributed by atoms with Gasteiger partial charge in [0.2, 0.25) is 0 Å². The summed E-state index contributed by atoms with van der Waals surface area (Å²) in [5.74, 6) is 0.920. The van der Waals surface area contributed by atoms with E-state index < -0.39 is 0 Å². The van der Waals surface area contributed by atoms with E-state index in [1.54, 1.807) is 7.11 Å². The van der Waals surface area contributed by atoms with Crippen molar-refractivity contribution in [2.45, 2.75) is 20.3 Å². The van der Waals surface area contributed by atoms with Gasteiger partial charge in [0.15, 0.2) is 0 Å². The zero-order chi connectivity index (χ0) is 14.6. The summed E-state index contributed by atoms with van der Waals surface area (Å²) >= 11 is 0. The summed E-state index contributed by atoms with van der Waals surface area (Å²) < 4.78 is 16.1. The Bertz CT molecular complexity index is 348. The van der Waals surface area contributed by atoms with Gasteiger partial charge in [0.05, 0.1) is 13.2 Å². The van der Waals surface area contributed by atoms with E-state index in [0.717, 1.165) is 31.9 Å². The molecule has 0 bridgehead atoms. The van der Waals surface area contributed by atoms with Gasteiger partial charge in [-0.25, -0.2) is 0 Å². The van der Waals surface area contributed by atoms with E-state index in [1.807, 2.05) is 12.1 Å². The fraction of sp³-hybridized carbons (Fsp3) is 0.625. The fourth-order valence-electron chi connectivity index (χ4n) is 1.95. The van der Waals surface area contributed by atoms with Crippen molar-refractivity contribution in [2.75, 3.05) is 46.6 Å². The van der Waals surface area contributed by atoms with E-state index in [-0.39, 0.29) is 0 Å². The first-order chi connectivity index (χ1) is 9.72. The zero-order valence-corrected chi connectivity index (χ0v) is 12.9. The molecule has 0 amide bonds. The molecule has 0 aliphatic carbocycles. The lowest BCUT2D eigenvalue weighted by atomic mass is 10.1. The number of rotatable bonds is 11. The summed E-state index contributed by atoms with van der Waals surface area (Å²) in [6.45, 7) is 8.71. The molecule has 0 aromatic heterocycles. The van der Waals surface area contributed by atoms with E-state index >= 15 is 0 Å². The highest BCUT2D eigenvalue weighted by Gasteiger charge is 1.97. The normalized spacial score (nSPS) is 10.8. The van der Waals surface area contributed by atoms with Crippen LogP contribution in [0.4, 0.5) is 0 Å². The molecule has 4 nitrogen and oxygen atoms in total. The van der Waals surface area contributed by atoms with Crippen LogP contribution >= 0.6 is 0 Å². The standard InChI is InChI=1S/C16H27NO3/c1-14-11-15(2)13-16(12-14)20-10-9-19-8-6-17-5-4-7-18-3/h11-13,17H,4-10H2,1-3H3. The summed E-state index contributed by atoms with van der Waals surface area (Å²) in [5.41, 5.74) is 2.45. The summed E-state index contributed by atoms with van der Waals surface area (Å²) in [5, 5.41) is 3.30. The molecule has 0 radical (unpaired) electrons. The Balaban J connectivity index is 1.97. The average molecular weight is 281 g/mol. The van der Waals surface area contributed by atoms with Gasteiger partial charge in [-0.2, -0.15) is 0 Å². The van der Waals surface area contributed by atoms with Crippen molar-refractivity contribution in [2.24, 2.45) is 0 Å². The van der Waals surface area contributed by atoms with Crippen LogP contribution in [0.2, 0.25) is 0 Å². The molecule has 0 spiro atoms. The van der Waals surface area contributed by atoms with Gasteiger partial charge in [0.25, 0.3) is 0 Å². The number of aryl methyl sites for hydroxylation is 2. The van der Waals surface area contributed by atoms with Crippen LogP contribution in [-0.4, -0.2) is 46.6 Å². The minimum Gasteiger partial charge on any atom is -0.491 e. The topological polar surface area (TPSA) is 39.7 Å². The van der Waals surface area contributed by atoms with E-state index in [9.17, 15) is 0 Å². The molecule has 0 saturated heterocycles. The molecule has 1 rings (SSSR count). The molecule has 4 heteroatoms. The Morgan fingerprint density at radius 2 is 1.65 bits per heavy atom. The lowest BCUT2D eigenvalue weighted by molar-refractivity contribution is 0.101. The van der Waals surface area contributed by atoms with E-state index in [1.165, 1.54) is 11.1 Å². The Morgan fingerprint density at radius 1 is 0.900 bits per heavy atom. The molecule has 1 N–H and O–H groups in total. The molecule has 0 heterocycles. The number of methoxy groups -OCH3 is 1. The minimum absolute atomic E-state index is 0.590. The molecule has 0 aliphatic rings. The van der Waals surface area contributed by atoms with Crippen LogP contribution in [0.1, 0.15) is 17.5 Å². The van der Waals surface area contributed by atoms with Crippen molar-refractivity contribution in [3.63, 3.8) is 0 Å². The van der Waals surface area contributed by atoms with Crippen LogP contribution in [0.3, 0.4) is 0 Å². The maximum absolute atomic E-state index is 5.67. The Kier molecular flexibility index (Phi) is 9.04. The predicted molar refractivity (Wildman–Crippen MR) is 81.6 cm³/mol. The highest BCUT2D eigenvalue weighted by Crippen LogP contribution is 2.15. The van der Waals surface area contributed by atoms with E-state index in [2.05, 4.69) is 25.2 Å². The quantitative estimate of drug-likeness (QED) is 0.632. The SMILES string of the molecule is COCCCNCCOCCOc1cc(C)cc(C)c1. The molecule has 1 aromatic carbocycles. The van der Waals surface area contributed by atoms with Crippen molar-refractivity contribution < 1.29 is 14.2 Å². The van der Waals surface area contributed by atoms with Crippen LogP contribution in [0.15, 0.2) is 18.2 Å². The van der Waals surface area contributed by atoms with Gasteiger partial charge in [-0.1, -0.05) is 6.07 Å². The van der Waals surface area contributed by atoms with Crippen molar-refractivity contribution in [3.05, 3.63) is 29.3 Å². The highest BCUT2D eigenvalue weighted by atomic mass is 16.5. The third-order valence-electron chi connectivity index (χ3n) is 2.82. The van der Waals surface area contributed by atoms with Gasteiger partial charge in [0.1, 0.15) is 12.4 Å². The lowest BCUT2D eigenvalue weighted by Gasteiger charge is -2.09. The second-order valence-corrected chi connectivity index (χ2v) is 4.88. The molecule has 1 aromatic rings. The second-order valence-electron chi connectivity index (χ2n) is 4.88. The largest absolute Gasteiger partial charge is 0.491 e. The van der Waals surface area contributed by atoms with Gasteiger partial charge < -0.3 is 19.5 Å². The van der Waals surface area contributed by atoms with Crippen molar-refractivity contribution in [1.82, 2.24) is 5.32 Å². The van der Waals surface area contributed by atoms with Crippen LogP contribution in [0.25, 0.3) is 0 Å². The lowest BCUT2D eigenvalue weighted by Crippen LogP contribution is -2.22. The van der Waals surface area contributed by atoms with E-state index in [4.69, 9.17) is 14.2 Å². The van der Waals surface area contributed by atoms with Crippen LogP contribution in [-0.2, 0) is 9.47 Å². The summed E-state index contributed by atoms with van der Waals surface area (Å²) in [6, 6.07) is 6.23. The van der Waals surface area contributed by atoms with Gasteiger partial charge in [0, 0.05) is 20.3 Å². The Hall–Kier alpha value is -1.10. The first-order valence-electron chi connectivity index (χ1n) is 7.21. The Labute approximate surface area is 122 Å². The number of nitrogens with one attached hydrogen (secondary N) is 1. The van der Waals surface area contributed by atoms with E-state index in [0.29, 0.717) is 19.8 Å². The molecule has 0 aliphatic heterocycles. The summed E-state index contributed by atoms with van der Waals surface area (Å²) in [7, 11) is 1.72. The first-order valence-corrected chi connectivity index (χ1v) is 7.21. The smallest absolute Gasteiger partial charge is 0.119 e. The third-order valence-corrected chi connectivity index (χ3v) is 2.82. The average Bonchev–Trinajstić information content (AvgIpc) is 2.40. The predicted octanol–water partition coefficient (Wildman–Crippen LogP) is 2.32. The molecule has 0 unspecified atom stereocenters. The van der Waals surface area contributed by atoms with Crippen molar-refractivity contribution in [3.8, 4) is 5.75 Å². The van der Waals surface area contributed by atoms with Crippen LogP contribution in [0.5, 0.6) is 5.75 Å². The van der Waals surface area contributed by atoms with Gasteiger partial charge in [-0.3, -0.25) is 0 Å². The Morgan fingerprint density at radius 3 is 2.35 bits per heavy atom. The van der Waals surface area contributed by atoms with Gasteiger partial charge >= 0.3 is 0 Å². The second kappa shape index (κ2) is 10.7.